The lowest BCUT2D eigenvalue weighted by Crippen LogP contribution is -2.16. The van der Waals surface area contributed by atoms with E-state index in [2.05, 4.69) is 6.92 Å². The number of hydrogen-bond acceptors (Lipinski definition) is 2. The number of unbranched alkanes of at least 4 members (excludes halogenated alkanes) is 3. The molecule has 0 saturated carbocycles. The maximum absolute atomic E-state index is 13.5. The highest BCUT2D eigenvalue weighted by Gasteiger charge is 2.22. The Kier molecular flexibility index (Phi) is 7.98. The van der Waals surface area contributed by atoms with Crippen molar-refractivity contribution in [3.8, 4) is 16.9 Å². The second-order valence-electron chi connectivity index (χ2n) is 6.36. The summed E-state index contributed by atoms with van der Waals surface area (Å²) in [5.74, 6) is -2.11. The average molecular weight is 366 g/mol. The van der Waals surface area contributed by atoms with Crippen LogP contribution in [0.3, 0.4) is 0 Å². The fourth-order valence-corrected chi connectivity index (χ4v) is 2.76. The molecule has 0 spiro atoms. The van der Waals surface area contributed by atoms with E-state index in [1.54, 1.807) is 30.3 Å². The number of phenolic OH excluding ortho intramolecular Hbond substituents is 1. The van der Waals surface area contributed by atoms with Crippen molar-refractivity contribution in [1.29, 1.82) is 0 Å². The van der Waals surface area contributed by atoms with Gasteiger partial charge in [0.15, 0.2) is 11.6 Å². The smallest absolute Gasteiger partial charge is 0.247 e. The molecule has 26 heavy (non-hydrogen) atoms. The number of phenols is 1. The van der Waals surface area contributed by atoms with Crippen LogP contribution in [0.4, 0.5) is 13.2 Å². The Hall–Kier alpha value is -2.01. The zero-order valence-electron chi connectivity index (χ0n) is 14.9. The van der Waals surface area contributed by atoms with Crippen molar-refractivity contribution in [3.63, 3.8) is 0 Å². The lowest BCUT2D eigenvalue weighted by atomic mass is 9.97. The van der Waals surface area contributed by atoms with Gasteiger partial charge in [0.25, 0.3) is 0 Å². The van der Waals surface area contributed by atoms with Gasteiger partial charge in [-0.15, -0.1) is 0 Å². The highest BCUT2D eigenvalue weighted by Crippen LogP contribution is 2.29. The van der Waals surface area contributed by atoms with E-state index >= 15 is 0 Å². The van der Waals surface area contributed by atoms with Gasteiger partial charge in [-0.05, 0) is 35.2 Å². The van der Waals surface area contributed by atoms with Gasteiger partial charge in [0.1, 0.15) is 0 Å². The third-order valence-electron chi connectivity index (χ3n) is 4.36. The Bertz CT molecular complexity index is 671. The first-order chi connectivity index (χ1) is 12.5. The second kappa shape index (κ2) is 10.2. The van der Waals surface area contributed by atoms with Gasteiger partial charge in [0.2, 0.25) is 6.43 Å². The van der Waals surface area contributed by atoms with Gasteiger partial charge in [-0.25, -0.2) is 13.2 Å². The van der Waals surface area contributed by atoms with E-state index < -0.39 is 23.9 Å². The lowest BCUT2D eigenvalue weighted by molar-refractivity contribution is 0.0422. The molecule has 5 heteroatoms. The number of benzene rings is 2. The first-order valence-corrected chi connectivity index (χ1v) is 8.97. The quantitative estimate of drug-likeness (QED) is 0.512. The Balaban J connectivity index is 1.99. The third-order valence-corrected chi connectivity index (χ3v) is 4.36. The molecule has 0 aliphatic carbocycles. The molecule has 1 atom stereocenters. The molecule has 0 bridgehead atoms. The second-order valence-corrected chi connectivity index (χ2v) is 6.36. The van der Waals surface area contributed by atoms with Crippen LogP contribution in [0, 0.1) is 5.82 Å². The Morgan fingerprint density at radius 2 is 1.65 bits per heavy atom. The Morgan fingerprint density at radius 1 is 0.962 bits per heavy atom. The highest BCUT2D eigenvalue weighted by molar-refractivity contribution is 5.64. The van der Waals surface area contributed by atoms with Crippen LogP contribution in [-0.2, 0) is 4.74 Å². The summed E-state index contributed by atoms with van der Waals surface area (Å²) in [5.41, 5.74) is 1.77. The standard InChI is InChI=1S/C21H25F3O2/c1-2-3-4-5-12-26-14-18(21(23)24)16-8-6-15(7-9-16)17-10-11-20(25)19(22)13-17/h6-11,13,18,21,25H,2-5,12,14H2,1H3/t18-/m0/s1. The predicted octanol–water partition coefficient (Wildman–Crippen LogP) is 6.14. The number of alkyl halides is 2. The minimum absolute atomic E-state index is 0.0169. The van der Waals surface area contributed by atoms with Gasteiger partial charge >= 0.3 is 0 Å². The monoisotopic (exact) mass is 366 g/mol. The Labute approximate surface area is 152 Å². The fourth-order valence-electron chi connectivity index (χ4n) is 2.76. The molecule has 0 heterocycles. The number of ether oxygens (including phenoxy) is 1. The normalized spacial score (nSPS) is 12.5. The van der Waals surface area contributed by atoms with E-state index in [-0.39, 0.29) is 6.61 Å². The van der Waals surface area contributed by atoms with Gasteiger partial charge in [0, 0.05) is 6.61 Å². The van der Waals surface area contributed by atoms with Crippen molar-refractivity contribution >= 4 is 0 Å². The van der Waals surface area contributed by atoms with E-state index in [0.29, 0.717) is 23.3 Å². The van der Waals surface area contributed by atoms with Crippen molar-refractivity contribution in [2.45, 2.75) is 45.0 Å². The first kappa shape index (κ1) is 20.3. The summed E-state index contributed by atoms with van der Waals surface area (Å²) >= 11 is 0. The molecule has 0 aromatic heterocycles. The maximum Gasteiger partial charge on any atom is 0.247 e. The molecular weight excluding hydrogens is 341 g/mol. The number of aromatic hydroxyl groups is 1. The van der Waals surface area contributed by atoms with Crippen molar-refractivity contribution in [2.24, 2.45) is 0 Å². The summed E-state index contributed by atoms with van der Waals surface area (Å²) in [7, 11) is 0. The van der Waals surface area contributed by atoms with Gasteiger partial charge in [-0.1, -0.05) is 56.5 Å². The van der Waals surface area contributed by atoms with Crippen LogP contribution in [0.25, 0.3) is 11.1 Å². The summed E-state index contributed by atoms with van der Waals surface area (Å²) in [6.45, 7) is 2.59. The molecule has 0 aliphatic rings. The van der Waals surface area contributed by atoms with Crippen molar-refractivity contribution < 1.29 is 23.0 Å². The minimum atomic E-state index is -2.51. The van der Waals surface area contributed by atoms with Crippen molar-refractivity contribution in [1.82, 2.24) is 0 Å². The molecule has 0 radical (unpaired) electrons. The molecule has 2 aromatic rings. The molecule has 2 rings (SSSR count). The van der Waals surface area contributed by atoms with Crippen LogP contribution >= 0.6 is 0 Å². The summed E-state index contributed by atoms with van der Waals surface area (Å²) in [5, 5.41) is 9.25. The van der Waals surface area contributed by atoms with Crippen LogP contribution in [0.2, 0.25) is 0 Å². The minimum Gasteiger partial charge on any atom is -0.505 e. The van der Waals surface area contributed by atoms with Gasteiger partial charge in [-0.2, -0.15) is 0 Å². The molecule has 142 valence electrons. The summed E-state index contributed by atoms with van der Waals surface area (Å²) in [6.07, 6.45) is 1.67. The van der Waals surface area contributed by atoms with E-state index in [1.165, 1.54) is 12.1 Å². The van der Waals surface area contributed by atoms with Gasteiger partial charge in [0.05, 0.1) is 12.5 Å². The lowest BCUT2D eigenvalue weighted by Gasteiger charge is -2.17. The van der Waals surface area contributed by atoms with Crippen LogP contribution in [-0.4, -0.2) is 24.7 Å². The molecular formula is C21H25F3O2. The number of hydrogen-bond donors (Lipinski definition) is 1. The number of halogens is 3. The maximum atomic E-state index is 13.5. The van der Waals surface area contributed by atoms with Crippen LogP contribution in [0.5, 0.6) is 5.75 Å². The molecule has 0 fully saturated rings. The van der Waals surface area contributed by atoms with Crippen LogP contribution in [0.1, 0.15) is 44.1 Å². The van der Waals surface area contributed by atoms with Gasteiger partial charge in [-0.3, -0.25) is 0 Å². The van der Waals surface area contributed by atoms with Crippen LogP contribution in [0.15, 0.2) is 42.5 Å². The third kappa shape index (κ3) is 5.77. The van der Waals surface area contributed by atoms with Crippen LogP contribution < -0.4 is 0 Å². The first-order valence-electron chi connectivity index (χ1n) is 8.97. The summed E-state index contributed by atoms with van der Waals surface area (Å²) in [4.78, 5) is 0. The topological polar surface area (TPSA) is 29.5 Å². The van der Waals surface area contributed by atoms with E-state index in [1.807, 2.05) is 0 Å². The molecule has 2 nitrogen and oxygen atoms in total. The van der Waals surface area contributed by atoms with E-state index in [0.717, 1.165) is 25.7 Å². The zero-order chi connectivity index (χ0) is 18.9. The molecule has 2 aromatic carbocycles. The van der Waals surface area contributed by atoms with Crippen molar-refractivity contribution in [3.05, 3.63) is 53.8 Å². The zero-order valence-corrected chi connectivity index (χ0v) is 14.9. The molecule has 0 unspecified atom stereocenters. The Morgan fingerprint density at radius 3 is 2.27 bits per heavy atom. The molecule has 0 aliphatic heterocycles. The van der Waals surface area contributed by atoms with E-state index in [4.69, 9.17) is 4.74 Å². The SMILES string of the molecule is CCCCCCOC[C@@H](c1ccc(-c2ccc(O)c(F)c2)cc1)C(F)F. The summed E-state index contributed by atoms with van der Waals surface area (Å²) < 4.78 is 45.7. The average Bonchev–Trinajstić information content (AvgIpc) is 2.63. The van der Waals surface area contributed by atoms with Gasteiger partial charge < -0.3 is 9.84 Å². The predicted molar refractivity (Wildman–Crippen MR) is 97.2 cm³/mol. The fraction of sp³-hybridized carbons (Fsp3) is 0.429. The highest BCUT2D eigenvalue weighted by atomic mass is 19.3. The van der Waals surface area contributed by atoms with E-state index in [9.17, 15) is 18.3 Å². The number of rotatable bonds is 10. The molecule has 0 saturated heterocycles. The molecule has 1 N–H and O–H groups in total. The van der Waals surface area contributed by atoms with Crippen molar-refractivity contribution in [2.75, 3.05) is 13.2 Å². The molecule has 0 amide bonds. The summed E-state index contributed by atoms with van der Waals surface area (Å²) in [6, 6.07) is 10.7. The largest absolute Gasteiger partial charge is 0.505 e.